The second-order valence-electron chi connectivity index (χ2n) is 3.69. The van der Waals surface area contributed by atoms with Gasteiger partial charge in [-0.1, -0.05) is 26.0 Å². The number of rotatable bonds is 2. The van der Waals surface area contributed by atoms with Crippen molar-refractivity contribution in [3.05, 3.63) is 12.2 Å². The van der Waals surface area contributed by atoms with E-state index in [9.17, 15) is 0 Å². The molecule has 0 aromatic rings. The molecule has 2 unspecified atom stereocenters. The van der Waals surface area contributed by atoms with Crippen LogP contribution in [0.1, 0.15) is 40.0 Å². The van der Waals surface area contributed by atoms with Crippen molar-refractivity contribution >= 4 is 5.71 Å². The summed E-state index contributed by atoms with van der Waals surface area (Å²) in [6.07, 6.45) is 8.13. The monoisotopic (exact) mass is 165 g/mol. The largest absolute Gasteiger partial charge is 0.287 e. The van der Waals surface area contributed by atoms with Gasteiger partial charge in [0.05, 0.1) is 6.04 Å². The summed E-state index contributed by atoms with van der Waals surface area (Å²) in [5.41, 5.74) is 1.28. The summed E-state index contributed by atoms with van der Waals surface area (Å²) in [7, 11) is 0. The minimum Gasteiger partial charge on any atom is -0.287 e. The van der Waals surface area contributed by atoms with Crippen LogP contribution in [0.2, 0.25) is 0 Å². The fourth-order valence-corrected chi connectivity index (χ4v) is 1.47. The van der Waals surface area contributed by atoms with Gasteiger partial charge in [0.1, 0.15) is 0 Å². The number of nitrogens with zero attached hydrogens (tertiary/aromatic N) is 1. The Morgan fingerprint density at radius 2 is 2.33 bits per heavy atom. The smallest absolute Gasteiger partial charge is 0.0704 e. The van der Waals surface area contributed by atoms with Gasteiger partial charge in [-0.2, -0.15) is 0 Å². The van der Waals surface area contributed by atoms with Crippen LogP contribution in [0.25, 0.3) is 0 Å². The third-order valence-corrected chi connectivity index (χ3v) is 2.59. The highest BCUT2D eigenvalue weighted by molar-refractivity contribution is 5.81. The molecule has 0 heterocycles. The van der Waals surface area contributed by atoms with Gasteiger partial charge < -0.3 is 0 Å². The quantitative estimate of drug-likeness (QED) is 0.440. The molecule has 0 fully saturated rings. The zero-order chi connectivity index (χ0) is 8.97. The van der Waals surface area contributed by atoms with E-state index in [-0.39, 0.29) is 0 Å². The van der Waals surface area contributed by atoms with Gasteiger partial charge in [-0.05, 0) is 32.1 Å². The Balaban J connectivity index is 2.60. The van der Waals surface area contributed by atoms with E-state index in [1.165, 1.54) is 18.6 Å². The maximum absolute atomic E-state index is 4.67. The fourth-order valence-electron chi connectivity index (χ4n) is 1.47. The van der Waals surface area contributed by atoms with E-state index in [2.05, 4.69) is 37.9 Å². The minimum atomic E-state index is 0.457. The van der Waals surface area contributed by atoms with Gasteiger partial charge in [-0.15, -0.1) is 0 Å². The van der Waals surface area contributed by atoms with Gasteiger partial charge in [0.25, 0.3) is 0 Å². The number of hydrogen-bond donors (Lipinski definition) is 0. The molecule has 0 saturated heterocycles. The highest BCUT2D eigenvalue weighted by atomic mass is 14.8. The second-order valence-corrected chi connectivity index (χ2v) is 3.69. The molecule has 0 radical (unpaired) electrons. The summed E-state index contributed by atoms with van der Waals surface area (Å²) < 4.78 is 0. The van der Waals surface area contributed by atoms with Crippen LogP contribution >= 0.6 is 0 Å². The van der Waals surface area contributed by atoms with E-state index in [1.54, 1.807) is 0 Å². The van der Waals surface area contributed by atoms with Gasteiger partial charge in [0, 0.05) is 5.71 Å². The molecular weight excluding hydrogens is 146 g/mol. The molecular formula is C11H19N. The Morgan fingerprint density at radius 3 is 2.92 bits per heavy atom. The van der Waals surface area contributed by atoms with Crippen LogP contribution in [-0.2, 0) is 0 Å². The van der Waals surface area contributed by atoms with Crippen molar-refractivity contribution in [2.45, 2.75) is 46.1 Å². The maximum Gasteiger partial charge on any atom is 0.0704 e. The summed E-state index contributed by atoms with van der Waals surface area (Å²) in [6.45, 7) is 6.58. The first-order valence-corrected chi connectivity index (χ1v) is 4.94. The van der Waals surface area contributed by atoms with Crippen molar-refractivity contribution in [1.82, 2.24) is 0 Å². The van der Waals surface area contributed by atoms with Crippen LogP contribution in [0.4, 0.5) is 0 Å². The topological polar surface area (TPSA) is 12.4 Å². The molecule has 0 aromatic carbocycles. The predicted molar refractivity (Wildman–Crippen MR) is 54.7 cm³/mol. The molecule has 0 saturated carbocycles. The molecule has 68 valence electrons. The average Bonchev–Trinajstić information content (AvgIpc) is 2.09. The first-order chi connectivity index (χ1) is 5.74. The second kappa shape index (κ2) is 4.44. The lowest BCUT2D eigenvalue weighted by Crippen LogP contribution is -2.17. The molecule has 0 aliphatic heterocycles. The average molecular weight is 165 g/mol. The summed E-state index contributed by atoms with van der Waals surface area (Å²) in [5.74, 6) is 0.733. The third-order valence-electron chi connectivity index (χ3n) is 2.59. The van der Waals surface area contributed by atoms with Crippen molar-refractivity contribution < 1.29 is 0 Å². The van der Waals surface area contributed by atoms with E-state index in [4.69, 9.17) is 0 Å². The number of aliphatic imine (C=N–C) groups is 1. The first kappa shape index (κ1) is 9.50. The highest BCUT2D eigenvalue weighted by Gasteiger charge is 2.15. The number of allylic oxidation sites excluding steroid dienone is 1. The predicted octanol–water partition coefficient (Wildman–Crippen LogP) is 3.21. The Hall–Kier alpha value is -0.590. The molecule has 0 bridgehead atoms. The molecule has 2 atom stereocenters. The van der Waals surface area contributed by atoms with Crippen molar-refractivity contribution in [2.75, 3.05) is 0 Å². The summed E-state index contributed by atoms with van der Waals surface area (Å²) in [6, 6.07) is 0.457. The van der Waals surface area contributed by atoms with Crippen LogP contribution in [0, 0.1) is 5.92 Å². The van der Waals surface area contributed by atoms with Crippen molar-refractivity contribution in [3.63, 3.8) is 0 Å². The third kappa shape index (κ3) is 2.47. The van der Waals surface area contributed by atoms with Crippen LogP contribution in [0.15, 0.2) is 17.1 Å². The summed E-state index contributed by atoms with van der Waals surface area (Å²) in [5, 5.41) is 0. The SMILES string of the molecule is CCC(C)=NC1C=CCCC1C. The van der Waals surface area contributed by atoms with Crippen molar-refractivity contribution in [3.8, 4) is 0 Å². The molecule has 12 heavy (non-hydrogen) atoms. The normalized spacial score (nSPS) is 30.8. The molecule has 0 N–H and O–H groups in total. The van der Waals surface area contributed by atoms with E-state index in [0.717, 1.165) is 12.3 Å². The van der Waals surface area contributed by atoms with E-state index in [0.29, 0.717) is 6.04 Å². The fraction of sp³-hybridized carbons (Fsp3) is 0.727. The van der Waals surface area contributed by atoms with Crippen LogP contribution in [-0.4, -0.2) is 11.8 Å². The zero-order valence-electron chi connectivity index (χ0n) is 8.38. The molecule has 1 rings (SSSR count). The summed E-state index contributed by atoms with van der Waals surface area (Å²) in [4.78, 5) is 4.67. The van der Waals surface area contributed by atoms with Gasteiger partial charge >= 0.3 is 0 Å². The standard InChI is InChI=1S/C11H19N/c1-4-10(3)12-11-8-6-5-7-9(11)2/h6,8-9,11H,4-5,7H2,1-3H3. The molecule has 1 aliphatic rings. The molecule has 1 aliphatic carbocycles. The van der Waals surface area contributed by atoms with Gasteiger partial charge in [-0.3, -0.25) is 4.99 Å². The Morgan fingerprint density at radius 1 is 1.58 bits per heavy atom. The first-order valence-electron chi connectivity index (χ1n) is 4.94. The van der Waals surface area contributed by atoms with Gasteiger partial charge in [-0.25, -0.2) is 0 Å². The highest BCUT2D eigenvalue weighted by Crippen LogP contribution is 2.20. The molecule has 1 heteroatoms. The molecule has 0 spiro atoms. The Bertz CT molecular complexity index is 191. The van der Waals surface area contributed by atoms with E-state index in [1.807, 2.05) is 0 Å². The van der Waals surface area contributed by atoms with Crippen LogP contribution < -0.4 is 0 Å². The van der Waals surface area contributed by atoms with E-state index < -0.39 is 0 Å². The van der Waals surface area contributed by atoms with Crippen LogP contribution in [0.5, 0.6) is 0 Å². The van der Waals surface area contributed by atoms with Crippen molar-refractivity contribution in [2.24, 2.45) is 10.9 Å². The molecule has 0 aromatic heterocycles. The zero-order valence-corrected chi connectivity index (χ0v) is 8.38. The lowest BCUT2D eigenvalue weighted by Gasteiger charge is -2.21. The number of hydrogen-bond acceptors (Lipinski definition) is 1. The maximum atomic E-state index is 4.67. The Kier molecular flexibility index (Phi) is 3.51. The van der Waals surface area contributed by atoms with Gasteiger partial charge in [0.2, 0.25) is 0 Å². The van der Waals surface area contributed by atoms with E-state index >= 15 is 0 Å². The Labute approximate surface area is 75.6 Å². The molecule has 0 amide bonds. The molecule has 1 nitrogen and oxygen atoms in total. The summed E-state index contributed by atoms with van der Waals surface area (Å²) >= 11 is 0. The minimum absolute atomic E-state index is 0.457. The lowest BCUT2D eigenvalue weighted by molar-refractivity contribution is 0.467. The lowest BCUT2D eigenvalue weighted by atomic mass is 9.92. The van der Waals surface area contributed by atoms with Crippen LogP contribution in [0.3, 0.4) is 0 Å². The van der Waals surface area contributed by atoms with Crippen molar-refractivity contribution in [1.29, 1.82) is 0 Å². The van der Waals surface area contributed by atoms with Gasteiger partial charge in [0.15, 0.2) is 0 Å².